The predicted octanol–water partition coefficient (Wildman–Crippen LogP) is 0.953. The number of nitrogens with one attached hydrogen (secondary N) is 1. The Balaban J connectivity index is 1.41. The number of hydrogen-bond acceptors (Lipinski definition) is 5. The van der Waals surface area contributed by atoms with Gasteiger partial charge in [-0.05, 0) is 25.0 Å². The van der Waals surface area contributed by atoms with E-state index in [0.717, 1.165) is 12.8 Å². The number of carbonyl (C=O) groups excluding carboxylic acids is 2. The molecule has 1 saturated carbocycles. The third-order valence-corrected chi connectivity index (χ3v) is 4.78. The summed E-state index contributed by atoms with van der Waals surface area (Å²) in [6, 6.07) is 3.50. The number of ether oxygens (including phenoxy) is 2. The fourth-order valence-electron chi connectivity index (χ4n) is 3.18. The lowest BCUT2D eigenvalue weighted by atomic mass is 10.0. The maximum Gasteiger partial charge on any atom is 0.272 e. The number of carbonyl (C=O) groups is 2. The van der Waals surface area contributed by atoms with Crippen molar-refractivity contribution in [3.63, 3.8) is 0 Å². The summed E-state index contributed by atoms with van der Waals surface area (Å²) in [5.74, 6) is -0.792. The van der Waals surface area contributed by atoms with E-state index in [0.29, 0.717) is 50.4 Å². The van der Waals surface area contributed by atoms with Gasteiger partial charge in [0.1, 0.15) is 5.69 Å². The Morgan fingerprint density at radius 3 is 2.58 bits per heavy atom. The van der Waals surface area contributed by atoms with Crippen molar-refractivity contribution in [3.8, 4) is 0 Å². The van der Waals surface area contributed by atoms with Crippen molar-refractivity contribution >= 4 is 11.8 Å². The Hall–Kier alpha value is -1.99. The van der Waals surface area contributed by atoms with Crippen molar-refractivity contribution in [1.29, 1.82) is 0 Å². The standard InChI is InChI=1S/C17H21N3O4/c21-15(19-13-1-2-13)12-3-6-18-14(11-12)16(22)20-7-4-17(5-8-20)23-9-10-24-17/h3,6,11,13H,1-2,4-5,7-10H2,(H,19,21). The molecular formula is C17H21N3O4. The quantitative estimate of drug-likeness (QED) is 0.892. The number of rotatable bonds is 3. The summed E-state index contributed by atoms with van der Waals surface area (Å²) in [6.07, 6.45) is 4.91. The van der Waals surface area contributed by atoms with Crippen LogP contribution in [0.5, 0.6) is 0 Å². The second kappa shape index (κ2) is 6.14. The topological polar surface area (TPSA) is 80.8 Å². The van der Waals surface area contributed by atoms with Crippen LogP contribution < -0.4 is 5.32 Å². The van der Waals surface area contributed by atoms with Crippen molar-refractivity contribution in [2.75, 3.05) is 26.3 Å². The first kappa shape index (κ1) is 15.5. The van der Waals surface area contributed by atoms with Gasteiger partial charge >= 0.3 is 0 Å². The van der Waals surface area contributed by atoms with Gasteiger partial charge in [0, 0.05) is 43.7 Å². The molecule has 1 spiro atoms. The third kappa shape index (κ3) is 3.14. The predicted molar refractivity (Wildman–Crippen MR) is 84.5 cm³/mol. The second-order valence-electron chi connectivity index (χ2n) is 6.58. The van der Waals surface area contributed by atoms with Crippen LogP contribution >= 0.6 is 0 Å². The number of piperidine rings is 1. The third-order valence-electron chi connectivity index (χ3n) is 4.78. The minimum Gasteiger partial charge on any atom is -0.349 e. The summed E-state index contributed by atoms with van der Waals surface area (Å²) in [4.78, 5) is 30.7. The van der Waals surface area contributed by atoms with Crippen LogP contribution in [0.1, 0.15) is 46.5 Å². The van der Waals surface area contributed by atoms with E-state index >= 15 is 0 Å². The zero-order chi connectivity index (χ0) is 16.6. The molecule has 1 aliphatic carbocycles. The lowest BCUT2D eigenvalue weighted by Gasteiger charge is -2.37. The lowest BCUT2D eigenvalue weighted by Crippen LogP contribution is -2.47. The van der Waals surface area contributed by atoms with Crippen LogP contribution in [0.4, 0.5) is 0 Å². The van der Waals surface area contributed by atoms with E-state index in [1.165, 1.54) is 6.20 Å². The van der Waals surface area contributed by atoms with Crippen molar-refractivity contribution in [1.82, 2.24) is 15.2 Å². The summed E-state index contributed by atoms with van der Waals surface area (Å²) in [7, 11) is 0. The average molecular weight is 331 g/mol. The first-order valence-corrected chi connectivity index (χ1v) is 8.49. The molecular weight excluding hydrogens is 310 g/mol. The molecule has 7 heteroatoms. The Morgan fingerprint density at radius 1 is 1.21 bits per heavy atom. The van der Waals surface area contributed by atoms with E-state index < -0.39 is 5.79 Å². The number of nitrogens with zero attached hydrogens (tertiary/aromatic N) is 2. The number of hydrogen-bond donors (Lipinski definition) is 1. The Morgan fingerprint density at radius 2 is 1.92 bits per heavy atom. The van der Waals surface area contributed by atoms with E-state index in [1.807, 2.05) is 0 Å². The minimum atomic E-state index is -0.504. The highest BCUT2D eigenvalue weighted by molar-refractivity contribution is 5.98. The molecule has 0 radical (unpaired) electrons. The molecule has 2 amide bonds. The molecule has 1 aromatic heterocycles. The van der Waals surface area contributed by atoms with Gasteiger partial charge in [-0.25, -0.2) is 0 Å². The molecule has 3 aliphatic rings. The van der Waals surface area contributed by atoms with Gasteiger partial charge in [0.05, 0.1) is 13.2 Å². The normalized spacial score (nSPS) is 22.6. The molecule has 7 nitrogen and oxygen atoms in total. The van der Waals surface area contributed by atoms with Gasteiger partial charge in [0.15, 0.2) is 5.79 Å². The van der Waals surface area contributed by atoms with Crippen LogP contribution in [0.15, 0.2) is 18.3 Å². The molecule has 2 saturated heterocycles. The van der Waals surface area contributed by atoms with Crippen molar-refractivity contribution < 1.29 is 19.1 Å². The van der Waals surface area contributed by atoms with Crippen molar-refractivity contribution in [2.45, 2.75) is 37.5 Å². The molecule has 0 bridgehead atoms. The van der Waals surface area contributed by atoms with Gasteiger partial charge in [-0.1, -0.05) is 0 Å². The molecule has 3 fully saturated rings. The molecule has 1 N–H and O–H groups in total. The maximum atomic E-state index is 12.7. The van der Waals surface area contributed by atoms with Crippen molar-refractivity contribution in [2.24, 2.45) is 0 Å². The number of pyridine rings is 1. The number of aromatic nitrogens is 1. The SMILES string of the molecule is O=C(NC1CC1)c1ccnc(C(=O)N2CCC3(CC2)OCCO3)c1. The zero-order valence-corrected chi connectivity index (χ0v) is 13.5. The average Bonchev–Trinajstić information content (AvgIpc) is 3.32. The molecule has 24 heavy (non-hydrogen) atoms. The first-order valence-electron chi connectivity index (χ1n) is 8.49. The Kier molecular flexibility index (Phi) is 3.97. The van der Waals surface area contributed by atoms with E-state index in [9.17, 15) is 9.59 Å². The summed E-state index contributed by atoms with van der Waals surface area (Å²) < 4.78 is 11.4. The van der Waals surface area contributed by atoms with Crippen molar-refractivity contribution in [3.05, 3.63) is 29.6 Å². The summed E-state index contributed by atoms with van der Waals surface area (Å²) in [6.45, 7) is 2.37. The molecule has 0 aromatic carbocycles. The van der Waals surface area contributed by atoms with Crippen LogP contribution in [-0.4, -0.2) is 59.8 Å². The highest BCUT2D eigenvalue weighted by Gasteiger charge is 2.41. The molecule has 4 rings (SSSR count). The molecule has 128 valence electrons. The van der Waals surface area contributed by atoms with Gasteiger partial charge in [-0.2, -0.15) is 0 Å². The summed E-state index contributed by atoms with van der Waals surface area (Å²) in [5.41, 5.74) is 0.791. The summed E-state index contributed by atoms with van der Waals surface area (Å²) in [5, 5.41) is 2.92. The van der Waals surface area contributed by atoms with Crippen LogP contribution in [0, 0.1) is 0 Å². The fourth-order valence-corrected chi connectivity index (χ4v) is 3.18. The minimum absolute atomic E-state index is 0.140. The number of amides is 2. The first-order chi connectivity index (χ1) is 11.7. The maximum absolute atomic E-state index is 12.7. The summed E-state index contributed by atoms with van der Waals surface area (Å²) >= 11 is 0. The smallest absolute Gasteiger partial charge is 0.272 e. The van der Waals surface area contributed by atoms with Gasteiger partial charge < -0.3 is 19.7 Å². The highest BCUT2D eigenvalue weighted by Crippen LogP contribution is 2.31. The molecule has 0 atom stereocenters. The molecule has 1 aromatic rings. The van der Waals surface area contributed by atoms with E-state index in [-0.39, 0.29) is 17.9 Å². The van der Waals surface area contributed by atoms with Crippen LogP contribution in [-0.2, 0) is 9.47 Å². The van der Waals surface area contributed by atoms with Crippen LogP contribution in [0.2, 0.25) is 0 Å². The highest BCUT2D eigenvalue weighted by atomic mass is 16.7. The van der Waals surface area contributed by atoms with E-state index in [4.69, 9.17) is 9.47 Å². The van der Waals surface area contributed by atoms with E-state index in [2.05, 4.69) is 10.3 Å². The molecule has 3 heterocycles. The second-order valence-corrected chi connectivity index (χ2v) is 6.58. The zero-order valence-electron chi connectivity index (χ0n) is 13.5. The largest absolute Gasteiger partial charge is 0.349 e. The fraction of sp³-hybridized carbons (Fsp3) is 0.588. The van der Waals surface area contributed by atoms with Gasteiger partial charge in [0.2, 0.25) is 0 Å². The van der Waals surface area contributed by atoms with Gasteiger partial charge in [0.25, 0.3) is 11.8 Å². The lowest BCUT2D eigenvalue weighted by molar-refractivity contribution is -0.181. The van der Waals surface area contributed by atoms with Crippen LogP contribution in [0.25, 0.3) is 0 Å². The molecule has 2 aliphatic heterocycles. The van der Waals surface area contributed by atoms with Gasteiger partial charge in [-0.15, -0.1) is 0 Å². The van der Waals surface area contributed by atoms with E-state index in [1.54, 1.807) is 17.0 Å². The molecule has 0 unspecified atom stereocenters. The monoisotopic (exact) mass is 331 g/mol. The Labute approximate surface area is 140 Å². The van der Waals surface area contributed by atoms with Crippen LogP contribution in [0.3, 0.4) is 0 Å². The number of likely N-dealkylation sites (tertiary alicyclic amines) is 1. The Bertz CT molecular complexity index is 643. The van der Waals surface area contributed by atoms with Gasteiger partial charge in [-0.3, -0.25) is 14.6 Å².